The van der Waals surface area contributed by atoms with Crippen LogP contribution in [-0.4, -0.2) is 13.0 Å². The second-order valence-electron chi connectivity index (χ2n) is 5.09. The van der Waals surface area contributed by atoms with Crippen molar-refractivity contribution in [2.24, 2.45) is 5.92 Å². The standard InChI is InChI=1S/C17H17NO2/c1-20-16-8-6-15(7-9-16)18-17(19)14-10-12-4-2-3-5-13(12)11-14/h2-9,14H,10-11H2,1H3,(H,18,19). The van der Waals surface area contributed by atoms with Gasteiger partial charge in [-0.15, -0.1) is 0 Å². The van der Waals surface area contributed by atoms with Crippen LogP contribution in [0.15, 0.2) is 48.5 Å². The van der Waals surface area contributed by atoms with Crippen molar-refractivity contribution < 1.29 is 9.53 Å². The van der Waals surface area contributed by atoms with Gasteiger partial charge in [0.05, 0.1) is 7.11 Å². The van der Waals surface area contributed by atoms with Gasteiger partial charge in [-0.1, -0.05) is 24.3 Å². The first-order chi connectivity index (χ1) is 9.76. The summed E-state index contributed by atoms with van der Waals surface area (Å²) in [5, 5.41) is 2.98. The van der Waals surface area contributed by atoms with Crippen LogP contribution in [-0.2, 0) is 17.6 Å². The zero-order valence-corrected chi connectivity index (χ0v) is 11.4. The van der Waals surface area contributed by atoms with E-state index in [0.717, 1.165) is 24.3 Å². The van der Waals surface area contributed by atoms with Crippen LogP contribution in [0.25, 0.3) is 0 Å². The quantitative estimate of drug-likeness (QED) is 0.928. The number of fused-ring (bicyclic) bond motifs is 1. The van der Waals surface area contributed by atoms with Gasteiger partial charge in [0.1, 0.15) is 5.75 Å². The van der Waals surface area contributed by atoms with Crippen molar-refractivity contribution in [3.8, 4) is 5.75 Å². The molecule has 1 N–H and O–H groups in total. The van der Waals surface area contributed by atoms with E-state index in [4.69, 9.17) is 4.74 Å². The Balaban J connectivity index is 1.66. The molecule has 0 aromatic heterocycles. The van der Waals surface area contributed by atoms with Crippen molar-refractivity contribution in [1.82, 2.24) is 0 Å². The molecule has 20 heavy (non-hydrogen) atoms. The molecule has 0 atom stereocenters. The van der Waals surface area contributed by atoms with Gasteiger partial charge in [0, 0.05) is 11.6 Å². The zero-order chi connectivity index (χ0) is 13.9. The molecule has 2 aromatic rings. The van der Waals surface area contributed by atoms with Crippen molar-refractivity contribution in [3.05, 3.63) is 59.7 Å². The first-order valence-corrected chi connectivity index (χ1v) is 6.78. The molecule has 1 aliphatic carbocycles. The number of carbonyl (C=O) groups excluding carboxylic acids is 1. The van der Waals surface area contributed by atoms with Crippen molar-refractivity contribution in [2.45, 2.75) is 12.8 Å². The highest BCUT2D eigenvalue weighted by Crippen LogP contribution is 2.27. The fraction of sp³-hybridized carbons (Fsp3) is 0.235. The minimum Gasteiger partial charge on any atom is -0.497 e. The highest BCUT2D eigenvalue weighted by atomic mass is 16.5. The first kappa shape index (κ1) is 12.7. The van der Waals surface area contributed by atoms with E-state index in [1.165, 1.54) is 11.1 Å². The first-order valence-electron chi connectivity index (χ1n) is 6.78. The SMILES string of the molecule is COc1ccc(NC(=O)C2Cc3ccccc3C2)cc1. The second kappa shape index (κ2) is 5.37. The van der Waals surface area contributed by atoms with Gasteiger partial charge < -0.3 is 10.1 Å². The maximum atomic E-state index is 12.3. The highest BCUT2D eigenvalue weighted by Gasteiger charge is 2.26. The Bertz CT molecular complexity index is 594. The minimum atomic E-state index is 0.0366. The Labute approximate surface area is 118 Å². The van der Waals surface area contributed by atoms with Crippen molar-refractivity contribution in [2.75, 3.05) is 12.4 Å². The van der Waals surface area contributed by atoms with Gasteiger partial charge in [-0.2, -0.15) is 0 Å². The Morgan fingerprint density at radius 3 is 2.20 bits per heavy atom. The number of anilines is 1. The third-order valence-electron chi connectivity index (χ3n) is 3.78. The van der Waals surface area contributed by atoms with E-state index in [1.807, 2.05) is 36.4 Å². The van der Waals surface area contributed by atoms with Crippen LogP contribution in [0.1, 0.15) is 11.1 Å². The number of hydrogen-bond donors (Lipinski definition) is 1. The lowest BCUT2D eigenvalue weighted by molar-refractivity contribution is -0.119. The molecule has 0 spiro atoms. The molecule has 3 nitrogen and oxygen atoms in total. The summed E-state index contributed by atoms with van der Waals surface area (Å²) in [4.78, 5) is 12.3. The summed E-state index contributed by atoms with van der Waals surface area (Å²) in [6.07, 6.45) is 1.66. The molecule has 3 heteroatoms. The van der Waals surface area contributed by atoms with E-state index in [9.17, 15) is 4.79 Å². The van der Waals surface area contributed by atoms with Crippen molar-refractivity contribution in [1.29, 1.82) is 0 Å². The predicted molar refractivity (Wildman–Crippen MR) is 79.0 cm³/mol. The van der Waals surface area contributed by atoms with Crippen LogP contribution in [0.4, 0.5) is 5.69 Å². The fourth-order valence-electron chi connectivity index (χ4n) is 2.66. The molecular formula is C17H17NO2. The summed E-state index contributed by atoms with van der Waals surface area (Å²) in [5.74, 6) is 0.914. The van der Waals surface area contributed by atoms with Gasteiger partial charge in [-0.3, -0.25) is 4.79 Å². The van der Waals surface area contributed by atoms with E-state index in [0.29, 0.717) is 0 Å². The van der Waals surface area contributed by atoms with Crippen LogP contribution < -0.4 is 10.1 Å². The average Bonchev–Trinajstić information content (AvgIpc) is 2.92. The molecule has 0 heterocycles. The van der Waals surface area contributed by atoms with Gasteiger partial charge in [-0.25, -0.2) is 0 Å². The van der Waals surface area contributed by atoms with Gasteiger partial charge >= 0.3 is 0 Å². The summed E-state index contributed by atoms with van der Waals surface area (Å²) in [6, 6.07) is 15.7. The van der Waals surface area contributed by atoms with E-state index in [-0.39, 0.29) is 11.8 Å². The number of benzene rings is 2. The monoisotopic (exact) mass is 267 g/mol. The van der Waals surface area contributed by atoms with Crippen LogP contribution >= 0.6 is 0 Å². The van der Waals surface area contributed by atoms with Crippen LogP contribution in [0.3, 0.4) is 0 Å². The summed E-state index contributed by atoms with van der Waals surface area (Å²) in [5.41, 5.74) is 3.40. The molecule has 0 aliphatic heterocycles. The molecule has 0 bridgehead atoms. The molecule has 102 valence electrons. The second-order valence-corrected chi connectivity index (χ2v) is 5.09. The Kier molecular flexibility index (Phi) is 3.42. The summed E-state index contributed by atoms with van der Waals surface area (Å²) in [7, 11) is 1.63. The molecule has 2 aromatic carbocycles. The Morgan fingerprint density at radius 1 is 1.05 bits per heavy atom. The van der Waals surface area contributed by atoms with Crippen LogP contribution in [0.2, 0.25) is 0 Å². The maximum absolute atomic E-state index is 12.3. The zero-order valence-electron chi connectivity index (χ0n) is 11.4. The third kappa shape index (κ3) is 2.52. The molecule has 0 saturated carbocycles. The summed E-state index contributed by atoms with van der Waals surface area (Å²) in [6.45, 7) is 0. The lowest BCUT2D eigenvalue weighted by Crippen LogP contribution is -2.23. The number of carbonyl (C=O) groups is 1. The molecule has 0 saturated heterocycles. The van der Waals surface area contributed by atoms with Gasteiger partial charge in [0.25, 0.3) is 0 Å². The molecular weight excluding hydrogens is 250 g/mol. The van der Waals surface area contributed by atoms with Crippen molar-refractivity contribution in [3.63, 3.8) is 0 Å². The van der Waals surface area contributed by atoms with E-state index >= 15 is 0 Å². The number of ether oxygens (including phenoxy) is 1. The third-order valence-corrected chi connectivity index (χ3v) is 3.78. The molecule has 0 radical (unpaired) electrons. The molecule has 1 aliphatic rings. The van der Waals surface area contributed by atoms with E-state index < -0.39 is 0 Å². The van der Waals surface area contributed by atoms with E-state index in [1.54, 1.807) is 7.11 Å². The smallest absolute Gasteiger partial charge is 0.228 e. The normalized spacial score (nSPS) is 13.8. The average molecular weight is 267 g/mol. The van der Waals surface area contributed by atoms with Gasteiger partial charge in [-0.05, 0) is 48.2 Å². The largest absolute Gasteiger partial charge is 0.497 e. The van der Waals surface area contributed by atoms with E-state index in [2.05, 4.69) is 17.4 Å². The highest BCUT2D eigenvalue weighted by molar-refractivity contribution is 5.93. The van der Waals surface area contributed by atoms with Gasteiger partial charge in [0.2, 0.25) is 5.91 Å². The molecule has 1 amide bonds. The Morgan fingerprint density at radius 2 is 1.65 bits per heavy atom. The van der Waals surface area contributed by atoms with Crippen molar-refractivity contribution >= 4 is 11.6 Å². The van der Waals surface area contributed by atoms with Gasteiger partial charge in [0.15, 0.2) is 0 Å². The molecule has 0 unspecified atom stereocenters. The Hall–Kier alpha value is -2.29. The van der Waals surface area contributed by atoms with Crippen LogP contribution in [0.5, 0.6) is 5.75 Å². The van der Waals surface area contributed by atoms with Crippen LogP contribution in [0, 0.1) is 5.92 Å². The number of amides is 1. The molecule has 3 rings (SSSR count). The minimum absolute atomic E-state index is 0.0366. The summed E-state index contributed by atoms with van der Waals surface area (Å²) >= 11 is 0. The lowest BCUT2D eigenvalue weighted by Gasteiger charge is -2.10. The topological polar surface area (TPSA) is 38.3 Å². The lowest BCUT2D eigenvalue weighted by atomic mass is 10.1. The number of rotatable bonds is 3. The number of hydrogen-bond acceptors (Lipinski definition) is 2. The number of nitrogens with one attached hydrogen (secondary N) is 1. The number of methoxy groups -OCH3 is 1. The predicted octanol–water partition coefficient (Wildman–Crippen LogP) is 3.05. The maximum Gasteiger partial charge on any atom is 0.228 e. The molecule has 0 fully saturated rings. The fourth-order valence-corrected chi connectivity index (χ4v) is 2.66. The summed E-state index contributed by atoms with van der Waals surface area (Å²) < 4.78 is 5.10.